The van der Waals surface area contributed by atoms with E-state index < -0.39 is 16.8 Å². The minimum atomic E-state index is -1.22. The lowest BCUT2D eigenvalue weighted by Crippen LogP contribution is -2.60. The lowest BCUT2D eigenvalue weighted by molar-refractivity contribution is 0.0549. The molecular weight excluding hydrogens is 477 g/mol. The van der Waals surface area contributed by atoms with Crippen LogP contribution in [0, 0.1) is 5.82 Å². The number of nitrogens with one attached hydrogen (secondary N) is 1. The van der Waals surface area contributed by atoms with Crippen molar-refractivity contribution >= 4 is 28.7 Å². The molecule has 1 aliphatic carbocycles. The van der Waals surface area contributed by atoms with Crippen LogP contribution in [0.25, 0.3) is 0 Å². The Bertz CT molecular complexity index is 1020. The first-order valence-corrected chi connectivity index (χ1v) is 13.8. The van der Waals surface area contributed by atoms with Crippen LogP contribution in [0.3, 0.4) is 0 Å². The molecule has 1 unspecified atom stereocenters. The second kappa shape index (κ2) is 10.8. The van der Waals surface area contributed by atoms with E-state index in [4.69, 9.17) is 4.74 Å². The monoisotopic (exact) mass is 509 g/mol. The molecule has 2 heterocycles. The number of aryl methyl sites for hydroxylation is 1. The Kier molecular flexibility index (Phi) is 7.96. The van der Waals surface area contributed by atoms with E-state index in [1.807, 2.05) is 17.6 Å². The van der Waals surface area contributed by atoms with Gasteiger partial charge in [0.1, 0.15) is 22.6 Å². The van der Waals surface area contributed by atoms with Crippen molar-refractivity contribution in [3.05, 3.63) is 35.9 Å². The molecule has 1 N–H and O–H groups in total. The number of hydrogen-bond donors (Lipinski definition) is 1. The highest BCUT2D eigenvalue weighted by atomic mass is 32.2. The van der Waals surface area contributed by atoms with E-state index in [1.165, 1.54) is 31.0 Å². The summed E-state index contributed by atoms with van der Waals surface area (Å²) in [6, 6.07) is 2.62. The lowest BCUT2D eigenvalue weighted by atomic mass is 9.93. The van der Waals surface area contributed by atoms with Gasteiger partial charge in [0.2, 0.25) is 0 Å². The lowest BCUT2D eigenvalue weighted by Gasteiger charge is -2.45. The van der Waals surface area contributed by atoms with E-state index in [9.17, 15) is 13.4 Å². The average Bonchev–Trinajstić information content (AvgIpc) is 3.51. The first-order chi connectivity index (χ1) is 16.4. The second-order valence-electron chi connectivity index (χ2n) is 8.81. The zero-order chi connectivity index (χ0) is 24.3. The quantitative estimate of drug-likeness (QED) is 0.552. The van der Waals surface area contributed by atoms with Crippen molar-refractivity contribution in [2.75, 3.05) is 46.1 Å². The largest absolute Gasteiger partial charge is 0.496 e. The Balaban J connectivity index is 1.43. The van der Waals surface area contributed by atoms with Crippen molar-refractivity contribution in [2.45, 2.75) is 41.0 Å². The number of nitrogens with zero attached hydrogens (tertiary/aromatic N) is 4. The van der Waals surface area contributed by atoms with Gasteiger partial charge >= 0.3 is 0 Å². The SMILES string of the molecule is COc1cc(F)cc(SC)c1C(=O)NCC1(N2CCN(S(=O)c3cnn(C)c3)CC2)CCCC1. The molecule has 1 atom stereocenters. The van der Waals surface area contributed by atoms with Crippen LogP contribution in [0.5, 0.6) is 5.75 Å². The summed E-state index contributed by atoms with van der Waals surface area (Å²) in [4.78, 5) is 16.9. The van der Waals surface area contributed by atoms with Gasteiger partial charge in [-0.1, -0.05) is 12.8 Å². The van der Waals surface area contributed by atoms with E-state index in [0.717, 1.165) is 43.7 Å². The predicted molar refractivity (Wildman–Crippen MR) is 131 cm³/mol. The van der Waals surface area contributed by atoms with Crippen LogP contribution in [0.2, 0.25) is 0 Å². The standard InChI is InChI=1S/C23H32FN5O3S2/c1-27-15-18(14-26-27)34(31)29-10-8-28(9-11-29)23(6-4-5-7-23)16-25-22(30)21-19(32-2)12-17(24)13-20(21)33-3/h12-15H,4-11,16H2,1-3H3,(H,25,30). The van der Waals surface area contributed by atoms with Crippen LogP contribution in [0.4, 0.5) is 4.39 Å². The summed E-state index contributed by atoms with van der Waals surface area (Å²) in [6.07, 6.45) is 9.52. The Morgan fingerprint density at radius 3 is 2.56 bits per heavy atom. The number of aromatic nitrogens is 2. The molecular formula is C23H32FN5O3S2. The minimum Gasteiger partial charge on any atom is -0.496 e. The van der Waals surface area contributed by atoms with Crippen LogP contribution in [0.15, 0.2) is 34.3 Å². The van der Waals surface area contributed by atoms with Gasteiger partial charge in [-0.3, -0.25) is 14.4 Å². The minimum absolute atomic E-state index is 0.121. The number of hydrogen-bond acceptors (Lipinski definition) is 6. The van der Waals surface area contributed by atoms with Gasteiger partial charge in [-0.05, 0) is 25.2 Å². The van der Waals surface area contributed by atoms with Crippen LogP contribution >= 0.6 is 11.8 Å². The first kappa shape index (κ1) is 25.2. The van der Waals surface area contributed by atoms with Gasteiger partial charge in [-0.25, -0.2) is 12.9 Å². The molecule has 1 aromatic carbocycles. The number of methoxy groups -OCH3 is 1. The number of rotatable bonds is 8. The number of amides is 1. The number of thioether (sulfide) groups is 1. The number of ether oxygens (including phenoxy) is 1. The normalized spacial score (nSPS) is 19.8. The molecule has 1 saturated carbocycles. The smallest absolute Gasteiger partial charge is 0.256 e. The van der Waals surface area contributed by atoms with Crippen molar-refractivity contribution in [2.24, 2.45) is 7.05 Å². The van der Waals surface area contributed by atoms with Crippen LogP contribution in [0.1, 0.15) is 36.0 Å². The maximum Gasteiger partial charge on any atom is 0.256 e. The van der Waals surface area contributed by atoms with Crippen molar-refractivity contribution in [1.82, 2.24) is 24.3 Å². The summed E-state index contributed by atoms with van der Waals surface area (Å²) >= 11 is 1.32. The summed E-state index contributed by atoms with van der Waals surface area (Å²) in [7, 11) is 2.05. The third kappa shape index (κ3) is 5.17. The molecule has 186 valence electrons. The summed E-state index contributed by atoms with van der Waals surface area (Å²) in [5.41, 5.74) is 0.255. The maximum atomic E-state index is 13.9. The third-order valence-corrected chi connectivity index (χ3v) is 9.05. The molecule has 1 amide bonds. The molecule has 8 nitrogen and oxygen atoms in total. The van der Waals surface area contributed by atoms with Gasteiger partial charge in [0.15, 0.2) is 0 Å². The number of carbonyl (C=O) groups excluding carboxylic acids is 1. The molecule has 34 heavy (non-hydrogen) atoms. The van der Waals surface area contributed by atoms with Crippen molar-refractivity contribution in [1.29, 1.82) is 0 Å². The van der Waals surface area contributed by atoms with Crippen LogP contribution < -0.4 is 10.1 Å². The van der Waals surface area contributed by atoms with E-state index in [1.54, 1.807) is 17.1 Å². The second-order valence-corrected chi connectivity index (χ2v) is 11.1. The van der Waals surface area contributed by atoms with Crippen LogP contribution in [-0.2, 0) is 18.0 Å². The van der Waals surface area contributed by atoms with Crippen molar-refractivity contribution in [3.8, 4) is 5.75 Å². The molecule has 0 bridgehead atoms. The summed E-state index contributed by atoms with van der Waals surface area (Å²) in [6.45, 7) is 3.49. The highest BCUT2D eigenvalue weighted by molar-refractivity contribution is 7.98. The molecule has 1 aliphatic heterocycles. The van der Waals surface area contributed by atoms with Gasteiger partial charge in [-0.2, -0.15) is 5.10 Å². The molecule has 1 saturated heterocycles. The predicted octanol–water partition coefficient (Wildman–Crippen LogP) is 2.67. The van der Waals surface area contributed by atoms with E-state index in [-0.39, 0.29) is 17.2 Å². The fourth-order valence-electron chi connectivity index (χ4n) is 5.04. The Morgan fingerprint density at radius 1 is 1.26 bits per heavy atom. The Hall–Kier alpha value is -1.95. The molecule has 1 aromatic heterocycles. The van der Waals surface area contributed by atoms with E-state index in [0.29, 0.717) is 30.1 Å². The number of halogens is 1. The molecule has 2 aliphatic rings. The fourth-order valence-corrected chi connectivity index (χ4v) is 6.84. The number of carbonyl (C=O) groups is 1. The molecule has 4 rings (SSSR count). The van der Waals surface area contributed by atoms with Gasteiger partial charge in [0.25, 0.3) is 5.91 Å². The van der Waals surface area contributed by atoms with E-state index >= 15 is 0 Å². The molecule has 2 aromatic rings. The van der Waals surface area contributed by atoms with Crippen LogP contribution in [-0.4, -0.2) is 80.7 Å². The molecule has 0 radical (unpaired) electrons. The van der Waals surface area contributed by atoms with Gasteiger partial charge in [0, 0.05) is 62.5 Å². The Labute approximate surface area is 206 Å². The number of benzene rings is 1. The molecule has 0 spiro atoms. The summed E-state index contributed by atoms with van der Waals surface area (Å²) < 4.78 is 35.8. The first-order valence-electron chi connectivity index (χ1n) is 11.5. The van der Waals surface area contributed by atoms with Crippen molar-refractivity contribution < 1.29 is 18.1 Å². The Morgan fingerprint density at radius 2 is 1.97 bits per heavy atom. The van der Waals surface area contributed by atoms with Gasteiger partial charge < -0.3 is 10.1 Å². The van der Waals surface area contributed by atoms with E-state index in [2.05, 4.69) is 15.3 Å². The van der Waals surface area contributed by atoms with Crippen molar-refractivity contribution in [3.63, 3.8) is 0 Å². The highest BCUT2D eigenvalue weighted by Crippen LogP contribution is 2.36. The fraction of sp³-hybridized carbons (Fsp3) is 0.565. The topological polar surface area (TPSA) is 79.7 Å². The highest BCUT2D eigenvalue weighted by Gasteiger charge is 2.41. The average molecular weight is 510 g/mol. The van der Waals surface area contributed by atoms with Gasteiger partial charge in [0.05, 0.1) is 23.8 Å². The van der Waals surface area contributed by atoms with Gasteiger partial charge in [-0.15, -0.1) is 11.8 Å². The summed E-state index contributed by atoms with van der Waals surface area (Å²) in [5.74, 6) is -0.427. The maximum absolute atomic E-state index is 13.9. The molecule has 2 fully saturated rings. The zero-order valence-electron chi connectivity index (χ0n) is 19.9. The third-order valence-electron chi connectivity index (χ3n) is 6.84. The molecule has 11 heteroatoms. The zero-order valence-corrected chi connectivity index (χ0v) is 21.5. The number of piperazine rings is 1. The summed E-state index contributed by atoms with van der Waals surface area (Å²) in [5, 5.41) is 7.26.